The van der Waals surface area contributed by atoms with E-state index in [1.54, 1.807) is 18.5 Å². The number of nitrogens with two attached hydrogens (primary N) is 1. The van der Waals surface area contributed by atoms with E-state index in [1.165, 1.54) is 11.0 Å². The third-order valence-electron chi connectivity index (χ3n) is 1.33. The van der Waals surface area contributed by atoms with Gasteiger partial charge in [-0.15, -0.1) is 5.10 Å². The van der Waals surface area contributed by atoms with Crippen LogP contribution in [-0.2, 0) is 0 Å². The minimum Gasteiger partial charge on any atom is -0.384 e. The van der Waals surface area contributed by atoms with Crippen LogP contribution in [0.3, 0.4) is 0 Å². The molecule has 60 valence electrons. The zero-order valence-electron chi connectivity index (χ0n) is 6.12. The first-order valence-electron chi connectivity index (χ1n) is 3.30. The molecule has 6 nitrogen and oxygen atoms in total. The summed E-state index contributed by atoms with van der Waals surface area (Å²) in [5, 5.41) is 7.39. The van der Waals surface area contributed by atoms with E-state index in [-0.39, 0.29) is 0 Å². The van der Waals surface area contributed by atoms with E-state index in [9.17, 15) is 0 Å². The number of anilines is 1. The maximum absolute atomic E-state index is 5.45. The van der Waals surface area contributed by atoms with Crippen LogP contribution in [0, 0.1) is 0 Å². The third kappa shape index (κ3) is 1.09. The Labute approximate surface area is 68.1 Å². The number of nitrogen functional groups attached to an aromatic ring is 1. The standard InChI is InChI=1S/C6H6N6/c7-5-3-6(9-4-8-5)12-2-1-10-11-12/h1-4H,(H2,7,8,9). The van der Waals surface area contributed by atoms with Gasteiger partial charge in [-0.25, -0.2) is 14.6 Å². The first kappa shape index (κ1) is 6.71. The lowest BCUT2D eigenvalue weighted by Crippen LogP contribution is -2.00. The summed E-state index contributed by atoms with van der Waals surface area (Å²) >= 11 is 0. The summed E-state index contributed by atoms with van der Waals surface area (Å²) in [6.45, 7) is 0. The van der Waals surface area contributed by atoms with Crippen LogP contribution in [-0.4, -0.2) is 25.0 Å². The van der Waals surface area contributed by atoms with Crippen LogP contribution in [0.1, 0.15) is 0 Å². The second-order valence-corrected chi connectivity index (χ2v) is 2.15. The molecule has 0 aromatic carbocycles. The molecule has 12 heavy (non-hydrogen) atoms. The Morgan fingerprint density at radius 1 is 1.33 bits per heavy atom. The third-order valence-corrected chi connectivity index (χ3v) is 1.33. The zero-order chi connectivity index (χ0) is 8.39. The maximum Gasteiger partial charge on any atom is 0.160 e. The summed E-state index contributed by atoms with van der Waals surface area (Å²) in [6, 6.07) is 1.62. The fraction of sp³-hybridized carbons (Fsp3) is 0. The normalized spacial score (nSPS) is 10.0. The van der Waals surface area contributed by atoms with Gasteiger partial charge in [0.1, 0.15) is 12.1 Å². The highest BCUT2D eigenvalue weighted by Crippen LogP contribution is 2.02. The van der Waals surface area contributed by atoms with Crippen molar-refractivity contribution in [1.29, 1.82) is 0 Å². The van der Waals surface area contributed by atoms with Crippen LogP contribution >= 0.6 is 0 Å². The second-order valence-electron chi connectivity index (χ2n) is 2.15. The van der Waals surface area contributed by atoms with Gasteiger partial charge < -0.3 is 5.73 Å². The average molecular weight is 162 g/mol. The van der Waals surface area contributed by atoms with Crippen LogP contribution < -0.4 is 5.73 Å². The Morgan fingerprint density at radius 3 is 2.92 bits per heavy atom. The van der Waals surface area contributed by atoms with Gasteiger partial charge in [-0.2, -0.15) is 0 Å². The van der Waals surface area contributed by atoms with Gasteiger partial charge in [-0.05, 0) is 0 Å². The molecule has 0 radical (unpaired) electrons. The monoisotopic (exact) mass is 162 g/mol. The Hall–Kier alpha value is -1.98. The molecule has 0 spiro atoms. The van der Waals surface area contributed by atoms with Crippen LogP contribution in [0.4, 0.5) is 5.82 Å². The topological polar surface area (TPSA) is 82.5 Å². The molecule has 0 atom stereocenters. The molecule has 0 fully saturated rings. The summed E-state index contributed by atoms with van der Waals surface area (Å²) in [7, 11) is 0. The first-order valence-corrected chi connectivity index (χ1v) is 3.30. The Balaban J connectivity index is 2.48. The molecule has 0 aliphatic heterocycles. The van der Waals surface area contributed by atoms with E-state index in [4.69, 9.17) is 5.73 Å². The molecule has 0 saturated carbocycles. The molecule has 0 unspecified atom stereocenters. The summed E-state index contributed by atoms with van der Waals surface area (Å²) in [6.07, 6.45) is 4.63. The van der Waals surface area contributed by atoms with Crippen LogP contribution in [0.2, 0.25) is 0 Å². The highest BCUT2D eigenvalue weighted by atomic mass is 15.4. The highest BCUT2D eigenvalue weighted by molar-refractivity contribution is 5.34. The molecule has 2 heterocycles. The lowest BCUT2D eigenvalue weighted by molar-refractivity contribution is 0.778. The van der Waals surface area contributed by atoms with Crippen LogP contribution in [0.5, 0.6) is 0 Å². The summed E-state index contributed by atoms with van der Waals surface area (Å²) in [5.41, 5.74) is 5.45. The molecule has 0 aliphatic rings. The van der Waals surface area contributed by atoms with Gasteiger partial charge in [-0.3, -0.25) is 0 Å². The number of hydrogen-bond acceptors (Lipinski definition) is 5. The summed E-state index contributed by atoms with van der Waals surface area (Å²) < 4.78 is 1.51. The van der Waals surface area contributed by atoms with Crippen molar-refractivity contribution in [3.8, 4) is 5.82 Å². The minimum atomic E-state index is 0.413. The first-order chi connectivity index (χ1) is 5.86. The van der Waals surface area contributed by atoms with Crippen molar-refractivity contribution in [2.45, 2.75) is 0 Å². The van der Waals surface area contributed by atoms with Crippen molar-refractivity contribution in [2.24, 2.45) is 0 Å². The van der Waals surface area contributed by atoms with Crippen LogP contribution in [0.25, 0.3) is 5.82 Å². The molecule has 2 aromatic rings. The van der Waals surface area contributed by atoms with Crippen molar-refractivity contribution >= 4 is 5.82 Å². The minimum absolute atomic E-state index is 0.413. The van der Waals surface area contributed by atoms with Gasteiger partial charge in [-0.1, -0.05) is 5.21 Å². The Bertz CT molecular complexity index is 367. The Kier molecular flexibility index (Phi) is 1.44. The van der Waals surface area contributed by atoms with Crippen molar-refractivity contribution in [3.05, 3.63) is 24.8 Å². The van der Waals surface area contributed by atoms with E-state index in [1.807, 2.05) is 0 Å². The number of hydrogen-bond donors (Lipinski definition) is 1. The smallest absolute Gasteiger partial charge is 0.160 e. The summed E-state index contributed by atoms with van der Waals surface area (Å²) in [5.74, 6) is 1.02. The van der Waals surface area contributed by atoms with Crippen LogP contribution in [0.15, 0.2) is 24.8 Å². The van der Waals surface area contributed by atoms with E-state index in [0.29, 0.717) is 11.6 Å². The fourth-order valence-electron chi connectivity index (χ4n) is 0.817. The van der Waals surface area contributed by atoms with E-state index in [2.05, 4.69) is 20.3 Å². The van der Waals surface area contributed by atoms with Gasteiger partial charge in [0.2, 0.25) is 0 Å². The van der Waals surface area contributed by atoms with Gasteiger partial charge in [0.15, 0.2) is 5.82 Å². The quantitative estimate of drug-likeness (QED) is 0.619. The predicted octanol–water partition coefficient (Wildman–Crippen LogP) is -0.361. The molecule has 0 amide bonds. The molecule has 2 N–H and O–H groups in total. The molecule has 0 saturated heterocycles. The van der Waals surface area contributed by atoms with Crippen molar-refractivity contribution in [2.75, 3.05) is 5.73 Å². The molecule has 2 aromatic heterocycles. The average Bonchev–Trinajstić information content (AvgIpc) is 2.56. The second kappa shape index (κ2) is 2.57. The van der Waals surface area contributed by atoms with Crippen molar-refractivity contribution < 1.29 is 0 Å². The van der Waals surface area contributed by atoms with Gasteiger partial charge in [0, 0.05) is 6.07 Å². The molecule has 6 heteroatoms. The maximum atomic E-state index is 5.45. The molecule has 0 aliphatic carbocycles. The van der Waals surface area contributed by atoms with Gasteiger partial charge >= 0.3 is 0 Å². The molecular weight excluding hydrogens is 156 g/mol. The van der Waals surface area contributed by atoms with E-state index >= 15 is 0 Å². The highest BCUT2D eigenvalue weighted by Gasteiger charge is 1.97. The lowest BCUT2D eigenvalue weighted by Gasteiger charge is -1.97. The molecule has 2 rings (SSSR count). The summed E-state index contributed by atoms with van der Waals surface area (Å²) in [4.78, 5) is 7.71. The number of rotatable bonds is 1. The van der Waals surface area contributed by atoms with E-state index in [0.717, 1.165) is 0 Å². The predicted molar refractivity (Wildman–Crippen MR) is 41.4 cm³/mol. The Morgan fingerprint density at radius 2 is 2.25 bits per heavy atom. The van der Waals surface area contributed by atoms with Crippen molar-refractivity contribution in [3.63, 3.8) is 0 Å². The van der Waals surface area contributed by atoms with E-state index < -0.39 is 0 Å². The zero-order valence-corrected chi connectivity index (χ0v) is 6.12. The molecular formula is C6H6N6. The fourth-order valence-corrected chi connectivity index (χ4v) is 0.817. The van der Waals surface area contributed by atoms with Gasteiger partial charge in [0.25, 0.3) is 0 Å². The molecule has 0 bridgehead atoms. The van der Waals surface area contributed by atoms with Crippen molar-refractivity contribution in [1.82, 2.24) is 25.0 Å². The number of aromatic nitrogens is 5. The largest absolute Gasteiger partial charge is 0.384 e. The SMILES string of the molecule is Nc1cc(-n2ccnn2)ncn1. The van der Waals surface area contributed by atoms with Gasteiger partial charge in [0.05, 0.1) is 12.4 Å². The lowest BCUT2D eigenvalue weighted by atomic mass is 10.5. The number of nitrogens with zero attached hydrogens (tertiary/aromatic N) is 5.